The van der Waals surface area contributed by atoms with Gasteiger partial charge in [-0.2, -0.15) is 0 Å². The quantitative estimate of drug-likeness (QED) is 0.593. The number of carbonyl (C=O) groups is 2. The summed E-state index contributed by atoms with van der Waals surface area (Å²) >= 11 is 0. The van der Waals surface area contributed by atoms with Crippen molar-refractivity contribution in [2.45, 2.75) is 31.9 Å². The van der Waals surface area contributed by atoms with Crippen molar-refractivity contribution in [3.8, 4) is 11.5 Å². The van der Waals surface area contributed by atoms with Crippen LogP contribution in [0.1, 0.15) is 30.1 Å². The van der Waals surface area contributed by atoms with Crippen LogP contribution in [0.15, 0.2) is 30.3 Å². The molecule has 0 heterocycles. The van der Waals surface area contributed by atoms with E-state index < -0.39 is 12.1 Å². The molecule has 2 aromatic rings. The summed E-state index contributed by atoms with van der Waals surface area (Å²) in [7, 11) is 0. The number of amides is 1. The number of phenols is 2. The first kappa shape index (κ1) is 15.1. The number of benzene rings is 2. The molecule has 0 aliphatic heterocycles. The average molecular weight is 315 g/mol. The van der Waals surface area contributed by atoms with E-state index in [2.05, 4.69) is 5.32 Å². The number of hydrogen-bond acceptors (Lipinski definition) is 5. The van der Waals surface area contributed by atoms with Crippen molar-refractivity contribution in [2.24, 2.45) is 0 Å². The number of fused-ring (bicyclic) bond motifs is 1. The number of ether oxygens (including phenoxy) is 1. The second-order valence-electron chi connectivity index (χ2n) is 5.67. The van der Waals surface area contributed by atoms with Gasteiger partial charge in [0.1, 0.15) is 17.1 Å². The zero-order chi connectivity index (χ0) is 16.6. The van der Waals surface area contributed by atoms with Crippen molar-refractivity contribution in [2.75, 3.05) is 0 Å². The van der Waals surface area contributed by atoms with Crippen LogP contribution in [-0.2, 0) is 9.53 Å². The highest BCUT2D eigenvalue weighted by Crippen LogP contribution is 2.35. The summed E-state index contributed by atoms with van der Waals surface area (Å²) in [5, 5.41) is 23.7. The molecule has 3 rings (SSSR count). The lowest BCUT2D eigenvalue weighted by molar-refractivity contribution is -0.129. The maximum atomic E-state index is 12.2. The van der Waals surface area contributed by atoms with Crippen molar-refractivity contribution in [3.63, 3.8) is 0 Å². The lowest BCUT2D eigenvalue weighted by Gasteiger charge is -2.14. The molecule has 0 radical (unpaired) electrons. The molecule has 120 valence electrons. The van der Waals surface area contributed by atoms with Gasteiger partial charge in [0.2, 0.25) is 0 Å². The van der Waals surface area contributed by atoms with Crippen LogP contribution in [-0.4, -0.2) is 34.2 Å². The predicted octanol–water partition coefficient (Wildman–Crippen LogP) is 2.07. The Morgan fingerprint density at radius 3 is 2.52 bits per heavy atom. The Morgan fingerprint density at radius 2 is 1.87 bits per heavy atom. The van der Waals surface area contributed by atoms with Crippen LogP contribution in [0.4, 0.5) is 0 Å². The van der Waals surface area contributed by atoms with Crippen LogP contribution in [0.3, 0.4) is 0 Å². The van der Waals surface area contributed by atoms with E-state index in [9.17, 15) is 19.8 Å². The van der Waals surface area contributed by atoms with E-state index in [1.807, 2.05) is 0 Å². The third-order valence-electron chi connectivity index (χ3n) is 3.79. The normalized spacial score (nSPS) is 15.2. The van der Waals surface area contributed by atoms with E-state index in [4.69, 9.17) is 4.74 Å². The third kappa shape index (κ3) is 3.06. The largest absolute Gasteiger partial charge is 0.507 e. The van der Waals surface area contributed by atoms with Gasteiger partial charge in [-0.1, -0.05) is 24.3 Å². The summed E-state index contributed by atoms with van der Waals surface area (Å²) < 4.78 is 5.09. The summed E-state index contributed by atoms with van der Waals surface area (Å²) in [4.78, 5) is 24.0. The van der Waals surface area contributed by atoms with E-state index in [1.54, 1.807) is 24.3 Å². The molecule has 2 aromatic carbocycles. The smallest absolute Gasteiger partial charge is 0.342 e. The van der Waals surface area contributed by atoms with E-state index >= 15 is 0 Å². The molecule has 0 aromatic heterocycles. The van der Waals surface area contributed by atoms with Crippen LogP contribution in [0, 0.1) is 0 Å². The molecule has 23 heavy (non-hydrogen) atoms. The van der Waals surface area contributed by atoms with Crippen molar-refractivity contribution in [1.29, 1.82) is 0 Å². The zero-order valence-corrected chi connectivity index (χ0v) is 12.6. The third-order valence-corrected chi connectivity index (χ3v) is 3.79. The molecule has 1 fully saturated rings. The van der Waals surface area contributed by atoms with Crippen molar-refractivity contribution in [1.82, 2.24) is 5.32 Å². The molecule has 1 aliphatic carbocycles. The van der Waals surface area contributed by atoms with Crippen LogP contribution in [0.2, 0.25) is 0 Å². The van der Waals surface area contributed by atoms with Gasteiger partial charge in [0.15, 0.2) is 6.10 Å². The SMILES string of the molecule is C[C@@H](OC(=O)c1cc(O)c2ccccc2c1O)C(=O)NC1CC1. The number of hydrogen-bond donors (Lipinski definition) is 3. The molecule has 1 atom stereocenters. The molecule has 6 heteroatoms. The summed E-state index contributed by atoms with van der Waals surface area (Å²) in [6, 6.07) is 7.93. The van der Waals surface area contributed by atoms with Crippen molar-refractivity contribution >= 4 is 22.6 Å². The van der Waals surface area contributed by atoms with Crippen molar-refractivity contribution in [3.05, 3.63) is 35.9 Å². The number of rotatable bonds is 4. The van der Waals surface area contributed by atoms with Crippen LogP contribution in [0.5, 0.6) is 11.5 Å². The lowest BCUT2D eigenvalue weighted by Crippen LogP contribution is -2.37. The maximum absolute atomic E-state index is 12.2. The van der Waals surface area contributed by atoms with Crippen molar-refractivity contribution < 1.29 is 24.5 Å². The Balaban J connectivity index is 1.83. The molecule has 0 spiro atoms. The minimum absolute atomic E-state index is 0.138. The van der Waals surface area contributed by atoms with Crippen LogP contribution >= 0.6 is 0 Å². The van der Waals surface area contributed by atoms with Gasteiger partial charge in [0.05, 0.1) is 0 Å². The van der Waals surface area contributed by atoms with E-state index in [1.165, 1.54) is 6.92 Å². The first-order valence-corrected chi connectivity index (χ1v) is 7.42. The Morgan fingerprint density at radius 1 is 1.22 bits per heavy atom. The molecule has 1 aliphatic rings. The molecule has 0 bridgehead atoms. The predicted molar refractivity (Wildman–Crippen MR) is 83.3 cm³/mol. The average Bonchev–Trinajstić information content (AvgIpc) is 3.34. The molecular weight excluding hydrogens is 298 g/mol. The fourth-order valence-electron chi connectivity index (χ4n) is 2.32. The van der Waals surface area contributed by atoms with Gasteiger partial charge >= 0.3 is 5.97 Å². The minimum Gasteiger partial charge on any atom is -0.507 e. The van der Waals surface area contributed by atoms with Gasteiger partial charge < -0.3 is 20.3 Å². The summed E-state index contributed by atoms with van der Waals surface area (Å²) in [6.07, 6.45) is 0.897. The summed E-state index contributed by atoms with van der Waals surface area (Å²) in [5.74, 6) is -1.65. The lowest BCUT2D eigenvalue weighted by atomic mass is 10.0. The number of nitrogens with one attached hydrogen (secondary N) is 1. The second-order valence-corrected chi connectivity index (χ2v) is 5.67. The van der Waals surface area contributed by atoms with E-state index in [0.29, 0.717) is 10.8 Å². The molecule has 3 N–H and O–H groups in total. The molecule has 1 saturated carbocycles. The highest BCUT2D eigenvalue weighted by Gasteiger charge is 2.28. The van der Waals surface area contributed by atoms with Gasteiger partial charge in [-0.05, 0) is 25.8 Å². The van der Waals surface area contributed by atoms with Crippen LogP contribution < -0.4 is 5.32 Å². The highest BCUT2D eigenvalue weighted by molar-refractivity contribution is 6.04. The highest BCUT2D eigenvalue weighted by atomic mass is 16.5. The monoisotopic (exact) mass is 315 g/mol. The second kappa shape index (κ2) is 5.79. The Labute approximate surface area is 132 Å². The molecular formula is C17H17NO5. The fraction of sp³-hybridized carbons (Fsp3) is 0.294. The van der Waals surface area contributed by atoms with Gasteiger partial charge in [0.25, 0.3) is 5.91 Å². The zero-order valence-electron chi connectivity index (χ0n) is 12.6. The summed E-state index contributed by atoms with van der Waals surface area (Å²) in [6.45, 7) is 1.47. The van der Waals surface area contributed by atoms with Gasteiger partial charge in [-0.25, -0.2) is 4.79 Å². The summed E-state index contributed by atoms with van der Waals surface area (Å²) in [5.41, 5.74) is -0.174. The Kier molecular flexibility index (Phi) is 3.82. The van der Waals surface area contributed by atoms with E-state index in [-0.39, 0.29) is 29.0 Å². The Hall–Kier alpha value is -2.76. The maximum Gasteiger partial charge on any atom is 0.342 e. The number of aromatic hydroxyl groups is 2. The number of esters is 1. The standard InChI is InChI=1S/C17H17NO5/c1-9(16(21)18-10-6-7-10)23-17(22)13-8-14(19)11-4-2-3-5-12(11)15(13)20/h2-5,8-10,19-20H,6-7H2,1H3,(H,18,21)/t9-/m1/s1. The number of carbonyl (C=O) groups excluding carboxylic acids is 2. The minimum atomic E-state index is -0.976. The Bertz CT molecular complexity index is 782. The topological polar surface area (TPSA) is 95.9 Å². The van der Waals surface area contributed by atoms with E-state index in [0.717, 1.165) is 18.9 Å². The molecule has 1 amide bonds. The first-order chi connectivity index (χ1) is 11.0. The molecule has 6 nitrogen and oxygen atoms in total. The molecule has 0 unspecified atom stereocenters. The van der Waals surface area contributed by atoms with Gasteiger partial charge in [0, 0.05) is 16.8 Å². The fourth-order valence-corrected chi connectivity index (χ4v) is 2.32. The van der Waals surface area contributed by atoms with Gasteiger partial charge in [-0.15, -0.1) is 0 Å². The molecule has 0 saturated heterocycles. The van der Waals surface area contributed by atoms with Crippen LogP contribution in [0.25, 0.3) is 10.8 Å². The first-order valence-electron chi connectivity index (χ1n) is 7.42. The number of phenolic OH excluding ortho intramolecular Hbond substituents is 2. The van der Waals surface area contributed by atoms with Gasteiger partial charge in [-0.3, -0.25) is 4.79 Å².